The van der Waals surface area contributed by atoms with Crippen molar-refractivity contribution in [3.05, 3.63) is 53.6 Å². The highest BCUT2D eigenvalue weighted by atomic mass is 16.5. The summed E-state index contributed by atoms with van der Waals surface area (Å²) in [5.41, 5.74) is 6.49. The number of hydrogen-bond donors (Lipinski definition) is 1. The number of benzene rings is 2. The standard InChI is InChI=1S/C17H19NO4/c1-3-21-14-9-8-12(17(18)19)10-13(14)11-22-16-7-5-4-6-15(16)20-2/h4-10H,3,11H2,1-2H3,(H2,18,19). The lowest BCUT2D eigenvalue weighted by Gasteiger charge is -2.14. The average Bonchev–Trinajstić information content (AvgIpc) is 2.54. The summed E-state index contributed by atoms with van der Waals surface area (Å²) in [5, 5.41) is 0. The summed E-state index contributed by atoms with van der Waals surface area (Å²) in [7, 11) is 1.58. The van der Waals surface area contributed by atoms with Crippen LogP contribution in [0.3, 0.4) is 0 Å². The van der Waals surface area contributed by atoms with Crippen LogP contribution in [0.4, 0.5) is 0 Å². The van der Waals surface area contributed by atoms with E-state index in [1.165, 1.54) is 0 Å². The normalized spacial score (nSPS) is 10.1. The van der Waals surface area contributed by atoms with Crippen molar-refractivity contribution in [2.45, 2.75) is 13.5 Å². The van der Waals surface area contributed by atoms with Crippen LogP contribution in [0.25, 0.3) is 0 Å². The lowest BCUT2D eigenvalue weighted by Crippen LogP contribution is -2.12. The predicted molar refractivity (Wildman–Crippen MR) is 83.5 cm³/mol. The highest BCUT2D eigenvalue weighted by Gasteiger charge is 2.10. The fourth-order valence-corrected chi connectivity index (χ4v) is 2.04. The average molecular weight is 301 g/mol. The molecule has 1 amide bonds. The van der Waals surface area contributed by atoms with Crippen LogP contribution >= 0.6 is 0 Å². The van der Waals surface area contributed by atoms with Crippen molar-refractivity contribution >= 4 is 5.91 Å². The Morgan fingerprint density at radius 1 is 1.05 bits per heavy atom. The molecule has 2 N–H and O–H groups in total. The minimum absolute atomic E-state index is 0.247. The smallest absolute Gasteiger partial charge is 0.248 e. The molecule has 0 bridgehead atoms. The van der Waals surface area contributed by atoms with E-state index in [2.05, 4.69) is 0 Å². The summed E-state index contributed by atoms with van der Waals surface area (Å²) in [6, 6.07) is 12.4. The molecule has 2 aromatic carbocycles. The molecular formula is C17H19NO4. The number of primary amides is 1. The van der Waals surface area contributed by atoms with E-state index < -0.39 is 5.91 Å². The fourth-order valence-electron chi connectivity index (χ4n) is 2.04. The zero-order chi connectivity index (χ0) is 15.9. The van der Waals surface area contributed by atoms with Crippen LogP contribution in [-0.2, 0) is 6.61 Å². The molecule has 0 aliphatic heterocycles. The van der Waals surface area contributed by atoms with Gasteiger partial charge in [-0.3, -0.25) is 4.79 Å². The van der Waals surface area contributed by atoms with Crippen LogP contribution < -0.4 is 19.9 Å². The first kappa shape index (κ1) is 15.7. The number of para-hydroxylation sites is 2. The molecule has 0 atom stereocenters. The summed E-state index contributed by atoms with van der Waals surface area (Å²) in [6.45, 7) is 2.67. The molecule has 0 aliphatic carbocycles. The largest absolute Gasteiger partial charge is 0.493 e. The van der Waals surface area contributed by atoms with Crippen LogP contribution in [0.15, 0.2) is 42.5 Å². The molecule has 0 unspecified atom stereocenters. The summed E-state index contributed by atoms with van der Waals surface area (Å²) < 4.78 is 16.6. The molecule has 0 aromatic heterocycles. The molecule has 0 spiro atoms. The molecule has 0 heterocycles. The first-order valence-electron chi connectivity index (χ1n) is 6.97. The van der Waals surface area contributed by atoms with Gasteiger partial charge in [-0.05, 0) is 37.3 Å². The van der Waals surface area contributed by atoms with Crippen LogP contribution in [0.5, 0.6) is 17.2 Å². The summed E-state index contributed by atoms with van der Waals surface area (Å²) >= 11 is 0. The maximum Gasteiger partial charge on any atom is 0.248 e. The molecule has 0 aliphatic rings. The maximum absolute atomic E-state index is 11.3. The van der Waals surface area contributed by atoms with Crippen LogP contribution in [0.2, 0.25) is 0 Å². The molecule has 0 saturated carbocycles. The Morgan fingerprint density at radius 2 is 1.77 bits per heavy atom. The highest BCUT2D eigenvalue weighted by molar-refractivity contribution is 5.93. The van der Waals surface area contributed by atoms with Gasteiger partial charge in [-0.2, -0.15) is 0 Å². The van der Waals surface area contributed by atoms with Crippen LogP contribution in [0.1, 0.15) is 22.8 Å². The Morgan fingerprint density at radius 3 is 2.41 bits per heavy atom. The van der Waals surface area contributed by atoms with Gasteiger partial charge in [-0.25, -0.2) is 0 Å². The third kappa shape index (κ3) is 3.69. The van der Waals surface area contributed by atoms with E-state index in [-0.39, 0.29) is 6.61 Å². The van der Waals surface area contributed by atoms with Gasteiger partial charge in [-0.15, -0.1) is 0 Å². The second-order valence-electron chi connectivity index (χ2n) is 4.56. The molecule has 0 saturated heterocycles. The Balaban J connectivity index is 2.23. The Kier molecular flexibility index (Phi) is 5.25. The fraction of sp³-hybridized carbons (Fsp3) is 0.235. The molecule has 5 nitrogen and oxygen atoms in total. The number of hydrogen-bond acceptors (Lipinski definition) is 4. The van der Waals surface area contributed by atoms with E-state index >= 15 is 0 Å². The quantitative estimate of drug-likeness (QED) is 0.853. The van der Waals surface area contributed by atoms with E-state index in [9.17, 15) is 4.79 Å². The maximum atomic E-state index is 11.3. The number of rotatable bonds is 7. The van der Waals surface area contributed by atoms with Gasteiger partial charge in [0.1, 0.15) is 12.4 Å². The molecule has 116 valence electrons. The number of carbonyl (C=O) groups is 1. The van der Waals surface area contributed by atoms with Gasteiger partial charge in [0.05, 0.1) is 13.7 Å². The van der Waals surface area contributed by atoms with Gasteiger partial charge < -0.3 is 19.9 Å². The zero-order valence-electron chi connectivity index (χ0n) is 12.7. The summed E-state index contributed by atoms with van der Waals surface area (Å²) in [5.74, 6) is 1.45. The van der Waals surface area contributed by atoms with Crippen LogP contribution in [-0.4, -0.2) is 19.6 Å². The molecule has 0 radical (unpaired) electrons. The summed E-state index contributed by atoms with van der Waals surface area (Å²) in [4.78, 5) is 11.3. The number of nitrogens with two attached hydrogens (primary N) is 1. The second-order valence-corrected chi connectivity index (χ2v) is 4.56. The van der Waals surface area contributed by atoms with E-state index in [0.29, 0.717) is 29.4 Å². The number of carbonyl (C=O) groups excluding carboxylic acids is 1. The molecule has 0 fully saturated rings. The van der Waals surface area contributed by atoms with E-state index in [1.807, 2.05) is 31.2 Å². The van der Waals surface area contributed by atoms with E-state index in [0.717, 1.165) is 5.56 Å². The van der Waals surface area contributed by atoms with Gasteiger partial charge >= 0.3 is 0 Å². The molecular weight excluding hydrogens is 282 g/mol. The SMILES string of the molecule is CCOc1ccc(C(N)=O)cc1COc1ccccc1OC. The van der Waals surface area contributed by atoms with E-state index in [4.69, 9.17) is 19.9 Å². The van der Waals surface area contributed by atoms with Crippen molar-refractivity contribution in [1.82, 2.24) is 0 Å². The van der Waals surface area contributed by atoms with Crippen molar-refractivity contribution in [2.75, 3.05) is 13.7 Å². The number of amides is 1. The van der Waals surface area contributed by atoms with Crippen molar-refractivity contribution in [3.8, 4) is 17.2 Å². The lowest BCUT2D eigenvalue weighted by molar-refractivity contribution is 0.1000. The molecule has 5 heteroatoms. The first-order chi connectivity index (χ1) is 10.7. The van der Waals surface area contributed by atoms with E-state index in [1.54, 1.807) is 25.3 Å². The Labute approximate surface area is 129 Å². The molecule has 22 heavy (non-hydrogen) atoms. The topological polar surface area (TPSA) is 70.8 Å². The highest BCUT2D eigenvalue weighted by Crippen LogP contribution is 2.28. The number of ether oxygens (including phenoxy) is 3. The van der Waals surface area contributed by atoms with Gasteiger partial charge in [0.25, 0.3) is 0 Å². The second kappa shape index (κ2) is 7.36. The van der Waals surface area contributed by atoms with Crippen molar-refractivity contribution in [1.29, 1.82) is 0 Å². The molecule has 2 aromatic rings. The zero-order valence-corrected chi connectivity index (χ0v) is 12.7. The minimum Gasteiger partial charge on any atom is -0.493 e. The lowest BCUT2D eigenvalue weighted by atomic mass is 10.1. The summed E-state index contributed by atoms with van der Waals surface area (Å²) in [6.07, 6.45) is 0. The third-order valence-corrected chi connectivity index (χ3v) is 3.10. The van der Waals surface area contributed by atoms with Gasteiger partial charge in [0.2, 0.25) is 5.91 Å². The first-order valence-corrected chi connectivity index (χ1v) is 6.97. The Bertz CT molecular complexity index is 655. The number of methoxy groups -OCH3 is 1. The molecule has 2 rings (SSSR count). The minimum atomic E-state index is -0.485. The monoisotopic (exact) mass is 301 g/mol. The van der Waals surface area contributed by atoms with Crippen molar-refractivity contribution in [2.24, 2.45) is 5.73 Å². The van der Waals surface area contributed by atoms with Crippen LogP contribution in [0, 0.1) is 0 Å². The third-order valence-electron chi connectivity index (χ3n) is 3.10. The van der Waals surface area contributed by atoms with Crippen molar-refractivity contribution < 1.29 is 19.0 Å². The predicted octanol–water partition coefficient (Wildman–Crippen LogP) is 2.77. The Hall–Kier alpha value is -2.69. The van der Waals surface area contributed by atoms with Gasteiger partial charge in [0, 0.05) is 11.1 Å². The van der Waals surface area contributed by atoms with Gasteiger partial charge in [0.15, 0.2) is 11.5 Å². The van der Waals surface area contributed by atoms with Crippen molar-refractivity contribution in [3.63, 3.8) is 0 Å². The van der Waals surface area contributed by atoms with Gasteiger partial charge in [-0.1, -0.05) is 12.1 Å².